The van der Waals surface area contributed by atoms with Gasteiger partial charge in [-0.15, -0.1) is 0 Å². The largest absolute Gasteiger partial charge is 0.392 e. The van der Waals surface area contributed by atoms with Crippen LogP contribution in [0.15, 0.2) is 18.3 Å². The van der Waals surface area contributed by atoms with E-state index in [1.54, 1.807) is 6.92 Å². The van der Waals surface area contributed by atoms with Crippen LogP contribution in [0.4, 0.5) is 4.39 Å². The van der Waals surface area contributed by atoms with Crippen LogP contribution in [-0.4, -0.2) is 21.9 Å². The van der Waals surface area contributed by atoms with Crippen LogP contribution in [0.25, 0.3) is 0 Å². The topological polar surface area (TPSA) is 68.0 Å². The minimum Gasteiger partial charge on any atom is -0.392 e. The van der Waals surface area contributed by atoms with Crippen molar-refractivity contribution in [2.24, 2.45) is 5.73 Å². The number of thiocarbonyl (C=S) groups is 1. The molecule has 1 amide bonds. The summed E-state index contributed by atoms with van der Waals surface area (Å²) in [5.41, 5.74) is 5.45. The molecule has 80 valence electrons. The Labute approximate surface area is 91.7 Å². The Kier molecular flexibility index (Phi) is 3.68. The van der Waals surface area contributed by atoms with E-state index < -0.39 is 17.8 Å². The van der Waals surface area contributed by atoms with Gasteiger partial charge in [0.15, 0.2) is 0 Å². The lowest BCUT2D eigenvalue weighted by Crippen LogP contribution is -2.41. The molecule has 0 aliphatic heterocycles. The zero-order chi connectivity index (χ0) is 11.4. The molecule has 0 bridgehead atoms. The maximum Gasteiger partial charge on any atom is 0.270 e. The number of hydrogen-bond donors (Lipinski definition) is 2. The average molecular weight is 227 g/mol. The second-order valence-electron chi connectivity index (χ2n) is 2.96. The highest BCUT2D eigenvalue weighted by molar-refractivity contribution is 7.80. The van der Waals surface area contributed by atoms with E-state index in [1.165, 1.54) is 6.07 Å². The summed E-state index contributed by atoms with van der Waals surface area (Å²) >= 11 is 4.69. The molecule has 0 aliphatic rings. The molecule has 4 nitrogen and oxygen atoms in total. The number of hydrogen-bond acceptors (Lipinski definition) is 3. The molecule has 1 rings (SSSR count). The van der Waals surface area contributed by atoms with Gasteiger partial charge in [-0.05, 0) is 19.1 Å². The Hall–Kier alpha value is -1.56. The van der Waals surface area contributed by atoms with Gasteiger partial charge >= 0.3 is 0 Å². The molecule has 0 fully saturated rings. The van der Waals surface area contributed by atoms with E-state index in [4.69, 9.17) is 5.73 Å². The summed E-state index contributed by atoms with van der Waals surface area (Å²) in [4.78, 5) is 15.3. The summed E-state index contributed by atoms with van der Waals surface area (Å²) < 4.78 is 12.5. The maximum absolute atomic E-state index is 12.5. The summed E-state index contributed by atoms with van der Waals surface area (Å²) in [7, 11) is 0. The first-order chi connectivity index (χ1) is 7.00. The quantitative estimate of drug-likeness (QED) is 0.743. The highest BCUT2D eigenvalue weighted by Crippen LogP contribution is 1.98. The molecule has 1 aromatic rings. The fourth-order valence-corrected chi connectivity index (χ4v) is 0.911. The molecule has 0 aromatic carbocycles. The molecule has 1 unspecified atom stereocenters. The van der Waals surface area contributed by atoms with Gasteiger partial charge in [-0.1, -0.05) is 12.2 Å². The van der Waals surface area contributed by atoms with Crippen LogP contribution in [0.1, 0.15) is 17.4 Å². The SMILES string of the molecule is CC(NC(=O)c1ccc(F)cn1)C(N)=S. The lowest BCUT2D eigenvalue weighted by atomic mass is 10.3. The van der Waals surface area contributed by atoms with Crippen molar-refractivity contribution in [3.8, 4) is 0 Å². The first-order valence-corrected chi connectivity index (χ1v) is 4.63. The summed E-state index contributed by atoms with van der Waals surface area (Å²) in [6, 6.07) is 2.03. The molecule has 15 heavy (non-hydrogen) atoms. The lowest BCUT2D eigenvalue weighted by Gasteiger charge is -2.11. The van der Waals surface area contributed by atoms with E-state index in [9.17, 15) is 9.18 Å². The third-order valence-corrected chi connectivity index (χ3v) is 2.09. The van der Waals surface area contributed by atoms with E-state index in [2.05, 4.69) is 22.5 Å². The molecule has 0 saturated heterocycles. The summed E-state index contributed by atoms with van der Waals surface area (Å²) in [5.74, 6) is -0.927. The standard InChI is InChI=1S/C9H10FN3OS/c1-5(8(11)15)13-9(14)7-3-2-6(10)4-12-7/h2-5H,1H3,(H2,11,15)(H,13,14). The second kappa shape index (κ2) is 4.79. The number of aromatic nitrogens is 1. The molecule has 0 aliphatic carbocycles. The molecular weight excluding hydrogens is 217 g/mol. The van der Waals surface area contributed by atoms with Gasteiger partial charge in [0.25, 0.3) is 5.91 Å². The molecule has 0 spiro atoms. The first kappa shape index (κ1) is 11.5. The van der Waals surface area contributed by atoms with Crippen LogP contribution in [0.3, 0.4) is 0 Å². The van der Waals surface area contributed by atoms with Crippen LogP contribution >= 0.6 is 12.2 Å². The van der Waals surface area contributed by atoms with E-state index >= 15 is 0 Å². The lowest BCUT2D eigenvalue weighted by molar-refractivity contribution is 0.0944. The zero-order valence-corrected chi connectivity index (χ0v) is 8.84. The maximum atomic E-state index is 12.5. The molecule has 0 radical (unpaired) electrons. The number of nitrogens with two attached hydrogens (primary N) is 1. The Balaban J connectivity index is 2.69. The fourth-order valence-electron chi connectivity index (χ4n) is 0.852. The van der Waals surface area contributed by atoms with Crippen molar-refractivity contribution >= 4 is 23.1 Å². The fraction of sp³-hybridized carbons (Fsp3) is 0.222. The van der Waals surface area contributed by atoms with E-state index in [0.29, 0.717) is 0 Å². The van der Waals surface area contributed by atoms with Crippen LogP contribution in [0.2, 0.25) is 0 Å². The zero-order valence-electron chi connectivity index (χ0n) is 8.03. The van der Waals surface area contributed by atoms with Gasteiger partial charge < -0.3 is 11.1 Å². The number of carbonyl (C=O) groups excluding carboxylic acids is 1. The molecule has 0 saturated carbocycles. The van der Waals surface area contributed by atoms with Gasteiger partial charge in [0.2, 0.25) is 0 Å². The number of nitrogens with zero attached hydrogens (tertiary/aromatic N) is 1. The van der Waals surface area contributed by atoms with Crippen molar-refractivity contribution in [1.82, 2.24) is 10.3 Å². The molecule has 1 heterocycles. The van der Waals surface area contributed by atoms with Gasteiger partial charge in [0.1, 0.15) is 11.5 Å². The number of rotatable bonds is 3. The normalized spacial score (nSPS) is 11.9. The van der Waals surface area contributed by atoms with Crippen molar-refractivity contribution in [1.29, 1.82) is 0 Å². The Bertz CT molecular complexity index is 379. The summed E-state index contributed by atoms with van der Waals surface area (Å²) in [6.45, 7) is 1.66. The minimum atomic E-state index is -0.492. The van der Waals surface area contributed by atoms with E-state index in [0.717, 1.165) is 12.3 Å². The Morgan fingerprint density at radius 3 is 2.80 bits per heavy atom. The first-order valence-electron chi connectivity index (χ1n) is 4.22. The van der Waals surface area contributed by atoms with Crippen molar-refractivity contribution in [2.75, 3.05) is 0 Å². The van der Waals surface area contributed by atoms with Gasteiger partial charge in [-0.3, -0.25) is 4.79 Å². The number of halogens is 1. The molecule has 6 heteroatoms. The molecule has 3 N–H and O–H groups in total. The Morgan fingerprint density at radius 2 is 2.33 bits per heavy atom. The van der Waals surface area contributed by atoms with Crippen molar-refractivity contribution in [2.45, 2.75) is 13.0 Å². The summed E-state index contributed by atoms with van der Waals surface area (Å²) in [5, 5.41) is 2.52. The summed E-state index contributed by atoms with van der Waals surface area (Å²) in [6.07, 6.45) is 0.973. The number of nitrogens with one attached hydrogen (secondary N) is 1. The highest BCUT2D eigenvalue weighted by Gasteiger charge is 2.12. The smallest absolute Gasteiger partial charge is 0.270 e. The molecular formula is C9H10FN3OS. The van der Waals surface area contributed by atoms with E-state index in [1.807, 2.05) is 0 Å². The Morgan fingerprint density at radius 1 is 1.67 bits per heavy atom. The van der Waals surface area contributed by atoms with Crippen molar-refractivity contribution in [3.63, 3.8) is 0 Å². The second-order valence-corrected chi connectivity index (χ2v) is 3.43. The molecule has 1 atom stereocenters. The van der Waals surface area contributed by atoms with Crippen molar-refractivity contribution < 1.29 is 9.18 Å². The van der Waals surface area contributed by atoms with E-state index in [-0.39, 0.29) is 10.7 Å². The number of carbonyl (C=O) groups is 1. The number of amides is 1. The van der Waals surface area contributed by atoms with Gasteiger partial charge in [0.05, 0.1) is 17.2 Å². The third kappa shape index (κ3) is 3.25. The van der Waals surface area contributed by atoms with Gasteiger partial charge in [-0.2, -0.15) is 0 Å². The highest BCUT2D eigenvalue weighted by atomic mass is 32.1. The van der Waals surface area contributed by atoms with Crippen LogP contribution in [-0.2, 0) is 0 Å². The van der Waals surface area contributed by atoms with Crippen LogP contribution < -0.4 is 11.1 Å². The van der Waals surface area contributed by atoms with Crippen LogP contribution in [0, 0.1) is 5.82 Å². The number of pyridine rings is 1. The van der Waals surface area contributed by atoms with Gasteiger partial charge in [-0.25, -0.2) is 9.37 Å². The van der Waals surface area contributed by atoms with Crippen LogP contribution in [0.5, 0.6) is 0 Å². The average Bonchev–Trinajstić information content (AvgIpc) is 2.18. The van der Waals surface area contributed by atoms with Gasteiger partial charge in [0, 0.05) is 0 Å². The molecule has 1 aromatic heterocycles. The van der Waals surface area contributed by atoms with Crippen molar-refractivity contribution in [3.05, 3.63) is 29.8 Å². The minimum absolute atomic E-state index is 0.125. The monoisotopic (exact) mass is 227 g/mol. The predicted molar refractivity (Wildman–Crippen MR) is 57.9 cm³/mol. The predicted octanol–water partition coefficient (Wildman–Crippen LogP) is 0.625. The third-order valence-electron chi connectivity index (χ3n) is 1.73.